The van der Waals surface area contributed by atoms with Crippen LogP contribution in [-0.4, -0.2) is 43.5 Å². The molecule has 3 heteroatoms. The van der Waals surface area contributed by atoms with Gasteiger partial charge in [-0.05, 0) is 32.9 Å². The van der Waals surface area contributed by atoms with Crippen molar-refractivity contribution < 1.29 is 9.53 Å². The standard InChI is InChI=1S/C16H23NO2/c1-2-19-13-12-17-10-8-15(9-11-17)16(18)14-6-4-3-5-7-14/h3-7,15H,2,8-13H2,1H3. The van der Waals surface area contributed by atoms with Gasteiger partial charge in [0.05, 0.1) is 6.61 Å². The molecule has 0 N–H and O–H groups in total. The molecule has 1 saturated heterocycles. The summed E-state index contributed by atoms with van der Waals surface area (Å²) in [5.74, 6) is 0.510. The summed E-state index contributed by atoms with van der Waals surface area (Å²) < 4.78 is 5.37. The molecule has 3 nitrogen and oxygen atoms in total. The van der Waals surface area contributed by atoms with Crippen LogP contribution in [0, 0.1) is 5.92 Å². The first kappa shape index (κ1) is 14.2. The monoisotopic (exact) mass is 261 g/mol. The Balaban J connectivity index is 1.78. The molecule has 1 aliphatic heterocycles. The Morgan fingerprint density at radius 2 is 1.95 bits per heavy atom. The van der Waals surface area contributed by atoms with Gasteiger partial charge in [0.25, 0.3) is 0 Å². The number of nitrogens with zero attached hydrogens (tertiary/aromatic N) is 1. The number of benzene rings is 1. The van der Waals surface area contributed by atoms with Crippen LogP contribution in [0.1, 0.15) is 30.1 Å². The Bertz CT molecular complexity index is 383. The maximum Gasteiger partial charge on any atom is 0.166 e. The van der Waals surface area contributed by atoms with E-state index in [1.54, 1.807) is 0 Å². The van der Waals surface area contributed by atoms with Crippen molar-refractivity contribution in [2.45, 2.75) is 19.8 Å². The second kappa shape index (κ2) is 7.41. The summed E-state index contributed by atoms with van der Waals surface area (Å²) in [4.78, 5) is 14.7. The summed E-state index contributed by atoms with van der Waals surface area (Å²) in [6.45, 7) is 6.61. The predicted molar refractivity (Wildman–Crippen MR) is 76.4 cm³/mol. The lowest BCUT2D eigenvalue weighted by molar-refractivity contribution is 0.0763. The number of ketones is 1. The Hall–Kier alpha value is -1.19. The number of hydrogen-bond donors (Lipinski definition) is 0. The summed E-state index contributed by atoms with van der Waals surface area (Å²) >= 11 is 0. The average Bonchev–Trinajstić information content (AvgIpc) is 2.48. The topological polar surface area (TPSA) is 29.5 Å². The first-order valence-corrected chi connectivity index (χ1v) is 7.20. The van der Waals surface area contributed by atoms with Crippen LogP contribution in [0.25, 0.3) is 0 Å². The van der Waals surface area contributed by atoms with Crippen molar-refractivity contribution in [2.75, 3.05) is 32.8 Å². The smallest absolute Gasteiger partial charge is 0.166 e. The van der Waals surface area contributed by atoms with Gasteiger partial charge in [0.2, 0.25) is 0 Å². The zero-order valence-electron chi connectivity index (χ0n) is 11.7. The van der Waals surface area contributed by atoms with Gasteiger partial charge < -0.3 is 9.64 Å². The molecule has 0 aliphatic carbocycles. The van der Waals surface area contributed by atoms with Gasteiger partial charge in [0.15, 0.2) is 5.78 Å². The normalized spacial score (nSPS) is 17.5. The minimum atomic E-state index is 0.200. The lowest BCUT2D eigenvalue weighted by atomic mass is 9.89. The van der Waals surface area contributed by atoms with Crippen LogP contribution in [0.15, 0.2) is 30.3 Å². The molecular formula is C16H23NO2. The Morgan fingerprint density at radius 1 is 1.26 bits per heavy atom. The van der Waals surface area contributed by atoms with Crippen LogP contribution < -0.4 is 0 Å². The van der Waals surface area contributed by atoms with Crippen LogP contribution in [0.2, 0.25) is 0 Å². The molecular weight excluding hydrogens is 238 g/mol. The van der Waals surface area contributed by atoms with E-state index in [9.17, 15) is 4.79 Å². The number of Topliss-reactive ketones (excluding diaryl/α,β-unsaturated/α-hetero) is 1. The van der Waals surface area contributed by atoms with Gasteiger partial charge in [-0.25, -0.2) is 0 Å². The van der Waals surface area contributed by atoms with Gasteiger partial charge >= 0.3 is 0 Å². The van der Waals surface area contributed by atoms with E-state index in [0.717, 1.165) is 51.3 Å². The largest absolute Gasteiger partial charge is 0.380 e. The van der Waals surface area contributed by atoms with Crippen molar-refractivity contribution in [3.8, 4) is 0 Å². The molecule has 0 amide bonds. The highest BCUT2D eigenvalue weighted by atomic mass is 16.5. The third-order valence-electron chi connectivity index (χ3n) is 3.77. The van der Waals surface area contributed by atoms with Crippen LogP contribution in [0.5, 0.6) is 0 Å². The molecule has 0 bridgehead atoms. The first-order chi connectivity index (χ1) is 9.31. The van der Waals surface area contributed by atoms with Gasteiger partial charge in [0.1, 0.15) is 0 Å². The molecule has 19 heavy (non-hydrogen) atoms. The number of rotatable bonds is 6. The third kappa shape index (κ3) is 4.15. The highest BCUT2D eigenvalue weighted by Crippen LogP contribution is 2.21. The van der Waals surface area contributed by atoms with E-state index in [-0.39, 0.29) is 5.92 Å². The first-order valence-electron chi connectivity index (χ1n) is 7.20. The summed E-state index contributed by atoms with van der Waals surface area (Å²) in [6.07, 6.45) is 1.94. The third-order valence-corrected chi connectivity index (χ3v) is 3.77. The molecule has 1 aromatic carbocycles. The molecule has 0 spiro atoms. The van der Waals surface area contributed by atoms with Crippen molar-refractivity contribution in [2.24, 2.45) is 5.92 Å². The zero-order valence-corrected chi connectivity index (χ0v) is 11.7. The van der Waals surface area contributed by atoms with E-state index in [2.05, 4.69) is 4.90 Å². The zero-order chi connectivity index (χ0) is 13.5. The summed E-state index contributed by atoms with van der Waals surface area (Å²) in [6, 6.07) is 9.66. The molecule has 104 valence electrons. The molecule has 0 unspecified atom stereocenters. The number of carbonyl (C=O) groups excluding carboxylic acids is 1. The summed E-state index contributed by atoms with van der Waals surface area (Å²) in [5.41, 5.74) is 0.857. The maximum atomic E-state index is 12.3. The van der Waals surface area contributed by atoms with E-state index >= 15 is 0 Å². The van der Waals surface area contributed by atoms with Gasteiger partial charge in [0, 0.05) is 24.6 Å². The van der Waals surface area contributed by atoms with Gasteiger partial charge in [-0.15, -0.1) is 0 Å². The lowest BCUT2D eigenvalue weighted by Crippen LogP contribution is -2.38. The molecule has 0 radical (unpaired) electrons. The lowest BCUT2D eigenvalue weighted by Gasteiger charge is -2.31. The second-order valence-corrected chi connectivity index (χ2v) is 5.04. The van der Waals surface area contributed by atoms with E-state index in [1.165, 1.54) is 0 Å². The second-order valence-electron chi connectivity index (χ2n) is 5.04. The SMILES string of the molecule is CCOCCN1CCC(C(=O)c2ccccc2)CC1. The average molecular weight is 261 g/mol. The molecule has 1 aromatic rings. The van der Waals surface area contributed by atoms with E-state index < -0.39 is 0 Å². The quantitative estimate of drug-likeness (QED) is 0.582. The fourth-order valence-corrected chi connectivity index (χ4v) is 2.59. The number of likely N-dealkylation sites (tertiary alicyclic amines) is 1. The van der Waals surface area contributed by atoms with Crippen molar-refractivity contribution in [1.82, 2.24) is 4.90 Å². The number of hydrogen-bond acceptors (Lipinski definition) is 3. The van der Waals surface area contributed by atoms with Crippen molar-refractivity contribution in [1.29, 1.82) is 0 Å². The summed E-state index contributed by atoms with van der Waals surface area (Å²) in [5, 5.41) is 0. The molecule has 1 fully saturated rings. The van der Waals surface area contributed by atoms with Crippen LogP contribution in [0.3, 0.4) is 0 Å². The van der Waals surface area contributed by atoms with Crippen LogP contribution in [-0.2, 0) is 4.74 Å². The van der Waals surface area contributed by atoms with E-state index in [1.807, 2.05) is 37.3 Å². The maximum absolute atomic E-state index is 12.3. The number of piperidine rings is 1. The minimum Gasteiger partial charge on any atom is -0.380 e. The van der Waals surface area contributed by atoms with Gasteiger partial charge in [-0.3, -0.25) is 4.79 Å². The molecule has 0 aromatic heterocycles. The number of carbonyl (C=O) groups is 1. The predicted octanol–water partition coefficient (Wildman–Crippen LogP) is 2.62. The Labute approximate surface area is 115 Å². The fraction of sp³-hybridized carbons (Fsp3) is 0.562. The van der Waals surface area contributed by atoms with Crippen LogP contribution in [0.4, 0.5) is 0 Å². The minimum absolute atomic E-state index is 0.200. The van der Waals surface area contributed by atoms with Gasteiger partial charge in [-0.2, -0.15) is 0 Å². The fourth-order valence-electron chi connectivity index (χ4n) is 2.59. The van der Waals surface area contributed by atoms with E-state index in [4.69, 9.17) is 4.74 Å². The summed E-state index contributed by atoms with van der Waals surface area (Å²) in [7, 11) is 0. The molecule has 0 atom stereocenters. The van der Waals surface area contributed by atoms with Gasteiger partial charge in [-0.1, -0.05) is 30.3 Å². The Kier molecular flexibility index (Phi) is 5.55. The Morgan fingerprint density at radius 3 is 2.58 bits per heavy atom. The highest BCUT2D eigenvalue weighted by molar-refractivity contribution is 5.97. The van der Waals surface area contributed by atoms with Crippen molar-refractivity contribution in [3.05, 3.63) is 35.9 Å². The highest BCUT2D eigenvalue weighted by Gasteiger charge is 2.25. The molecule has 1 aliphatic rings. The molecule has 0 saturated carbocycles. The molecule has 1 heterocycles. The van der Waals surface area contributed by atoms with Crippen molar-refractivity contribution in [3.63, 3.8) is 0 Å². The molecule has 2 rings (SSSR count). The van der Waals surface area contributed by atoms with Crippen LogP contribution >= 0.6 is 0 Å². The van der Waals surface area contributed by atoms with Crippen molar-refractivity contribution >= 4 is 5.78 Å². The number of ether oxygens (including phenoxy) is 1. The van der Waals surface area contributed by atoms with E-state index in [0.29, 0.717) is 5.78 Å².